The summed E-state index contributed by atoms with van der Waals surface area (Å²) in [4.78, 5) is 0. The average molecular weight is 240 g/mol. The van der Waals surface area contributed by atoms with Crippen LogP contribution in [-0.4, -0.2) is 5.11 Å². The van der Waals surface area contributed by atoms with Gasteiger partial charge >= 0.3 is 0 Å². The van der Waals surface area contributed by atoms with E-state index in [1.54, 1.807) is 0 Å². The van der Waals surface area contributed by atoms with Crippen LogP contribution < -0.4 is 0 Å². The fourth-order valence-electron chi connectivity index (χ4n) is 2.06. The molecular weight excluding hydrogens is 220 g/mol. The van der Waals surface area contributed by atoms with Gasteiger partial charge in [-0.25, -0.2) is 0 Å². The Hall–Kier alpha value is -1.60. The number of aliphatic hydroxyl groups excluding tert-OH is 1. The Labute approximate surface area is 109 Å². The first-order chi connectivity index (χ1) is 8.72. The summed E-state index contributed by atoms with van der Waals surface area (Å²) in [6.45, 7) is 4.18. The molecule has 0 bridgehead atoms. The van der Waals surface area contributed by atoms with Crippen molar-refractivity contribution < 1.29 is 5.11 Å². The molecule has 1 heteroatoms. The molecular formula is C17H20O. The minimum Gasteiger partial charge on any atom is -0.388 e. The lowest BCUT2D eigenvalue weighted by molar-refractivity contribution is 0.115. The Kier molecular flexibility index (Phi) is 4.16. The molecule has 1 nitrogen and oxygen atoms in total. The van der Waals surface area contributed by atoms with E-state index in [1.165, 1.54) is 11.1 Å². The Balaban J connectivity index is 2.20. The molecule has 1 N–H and O–H groups in total. The molecule has 0 fully saturated rings. The van der Waals surface area contributed by atoms with Gasteiger partial charge in [-0.2, -0.15) is 0 Å². The maximum Gasteiger partial charge on any atom is 0.0815 e. The number of hydrogen-bond acceptors (Lipinski definition) is 1. The summed E-state index contributed by atoms with van der Waals surface area (Å²) in [6, 6.07) is 18.5. The second-order valence-corrected chi connectivity index (χ2v) is 4.82. The van der Waals surface area contributed by atoms with E-state index < -0.39 is 0 Å². The van der Waals surface area contributed by atoms with Gasteiger partial charge in [0.05, 0.1) is 6.10 Å². The SMILES string of the molecule is CCC(C)C(O)c1ccc(-c2ccccc2)cc1. The maximum absolute atomic E-state index is 10.2. The first kappa shape index (κ1) is 12.8. The summed E-state index contributed by atoms with van der Waals surface area (Å²) in [7, 11) is 0. The Bertz CT molecular complexity index is 473. The zero-order valence-corrected chi connectivity index (χ0v) is 11.0. The predicted molar refractivity (Wildman–Crippen MR) is 76.3 cm³/mol. The molecule has 2 aromatic rings. The van der Waals surface area contributed by atoms with Crippen LogP contribution in [0.3, 0.4) is 0 Å². The Morgan fingerprint density at radius 2 is 1.44 bits per heavy atom. The largest absolute Gasteiger partial charge is 0.388 e. The summed E-state index contributed by atoms with van der Waals surface area (Å²) >= 11 is 0. The van der Waals surface area contributed by atoms with Crippen molar-refractivity contribution >= 4 is 0 Å². The number of benzene rings is 2. The number of rotatable bonds is 4. The van der Waals surface area contributed by atoms with Crippen molar-refractivity contribution in [3.05, 3.63) is 60.2 Å². The van der Waals surface area contributed by atoms with Crippen LogP contribution in [0.4, 0.5) is 0 Å². The van der Waals surface area contributed by atoms with Gasteiger partial charge in [0.25, 0.3) is 0 Å². The third-order valence-corrected chi connectivity index (χ3v) is 3.54. The highest BCUT2D eigenvalue weighted by atomic mass is 16.3. The lowest BCUT2D eigenvalue weighted by Crippen LogP contribution is -2.07. The molecule has 0 spiro atoms. The molecule has 0 aliphatic carbocycles. The normalized spacial score (nSPS) is 14.2. The van der Waals surface area contributed by atoms with Gasteiger partial charge in [-0.3, -0.25) is 0 Å². The van der Waals surface area contributed by atoms with E-state index in [9.17, 15) is 5.11 Å². The highest BCUT2D eigenvalue weighted by Crippen LogP contribution is 2.26. The van der Waals surface area contributed by atoms with Gasteiger partial charge in [0.15, 0.2) is 0 Å². The van der Waals surface area contributed by atoms with E-state index in [2.05, 4.69) is 38.1 Å². The molecule has 0 amide bonds. The van der Waals surface area contributed by atoms with Crippen LogP contribution in [0.15, 0.2) is 54.6 Å². The summed E-state index contributed by atoms with van der Waals surface area (Å²) in [6.07, 6.45) is 0.626. The third kappa shape index (κ3) is 2.80. The minimum atomic E-state index is -0.361. The fourth-order valence-corrected chi connectivity index (χ4v) is 2.06. The van der Waals surface area contributed by atoms with Gasteiger partial charge < -0.3 is 5.11 Å². The second kappa shape index (κ2) is 5.83. The first-order valence-electron chi connectivity index (χ1n) is 6.55. The average Bonchev–Trinajstić information content (AvgIpc) is 2.47. The van der Waals surface area contributed by atoms with E-state index in [0.717, 1.165) is 12.0 Å². The van der Waals surface area contributed by atoms with Crippen molar-refractivity contribution in [3.63, 3.8) is 0 Å². The zero-order valence-electron chi connectivity index (χ0n) is 11.0. The van der Waals surface area contributed by atoms with Crippen molar-refractivity contribution in [2.75, 3.05) is 0 Å². The van der Waals surface area contributed by atoms with Crippen LogP contribution >= 0.6 is 0 Å². The monoisotopic (exact) mass is 240 g/mol. The van der Waals surface area contributed by atoms with Crippen LogP contribution in [0.2, 0.25) is 0 Å². The quantitative estimate of drug-likeness (QED) is 0.838. The zero-order chi connectivity index (χ0) is 13.0. The third-order valence-electron chi connectivity index (χ3n) is 3.54. The van der Waals surface area contributed by atoms with Gasteiger partial charge in [-0.1, -0.05) is 74.9 Å². The molecule has 2 rings (SSSR count). The standard InChI is InChI=1S/C17H20O/c1-3-13(2)17(18)16-11-9-15(10-12-16)14-7-5-4-6-8-14/h4-13,17-18H,3H2,1-2H3. The molecule has 0 heterocycles. The predicted octanol–water partition coefficient (Wildman–Crippen LogP) is 4.43. The van der Waals surface area contributed by atoms with Crippen LogP contribution in [0.1, 0.15) is 31.9 Å². The van der Waals surface area contributed by atoms with Gasteiger partial charge in [0, 0.05) is 0 Å². The summed E-state index contributed by atoms with van der Waals surface area (Å²) in [5.74, 6) is 0.299. The topological polar surface area (TPSA) is 20.2 Å². The van der Waals surface area contributed by atoms with E-state index in [4.69, 9.17) is 0 Å². The molecule has 0 aliphatic heterocycles. The van der Waals surface area contributed by atoms with Crippen LogP contribution in [0.25, 0.3) is 11.1 Å². The molecule has 2 unspecified atom stereocenters. The van der Waals surface area contributed by atoms with E-state index >= 15 is 0 Å². The summed E-state index contributed by atoms with van der Waals surface area (Å²) in [5, 5.41) is 10.2. The smallest absolute Gasteiger partial charge is 0.0815 e. The van der Waals surface area contributed by atoms with Crippen LogP contribution in [0, 0.1) is 5.92 Å². The highest BCUT2D eigenvalue weighted by Gasteiger charge is 2.14. The lowest BCUT2D eigenvalue weighted by atomic mass is 9.94. The fraction of sp³-hybridized carbons (Fsp3) is 0.294. The van der Waals surface area contributed by atoms with Gasteiger partial charge in [0.2, 0.25) is 0 Å². The maximum atomic E-state index is 10.2. The van der Waals surface area contributed by atoms with Crippen molar-refractivity contribution in [2.24, 2.45) is 5.92 Å². The molecule has 94 valence electrons. The molecule has 0 saturated carbocycles. The van der Waals surface area contributed by atoms with Crippen LogP contribution in [-0.2, 0) is 0 Å². The summed E-state index contributed by atoms with van der Waals surface area (Å²) in [5.41, 5.74) is 3.40. The molecule has 18 heavy (non-hydrogen) atoms. The van der Waals surface area contributed by atoms with Crippen molar-refractivity contribution in [1.82, 2.24) is 0 Å². The summed E-state index contributed by atoms with van der Waals surface area (Å²) < 4.78 is 0. The molecule has 2 atom stereocenters. The molecule has 0 radical (unpaired) electrons. The molecule has 0 aliphatic rings. The van der Waals surface area contributed by atoms with E-state index in [0.29, 0.717) is 5.92 Å². The van der Waals surface area contributed by atoms with Crippen molar-refractivity contribution in [2.45, 2.75) is 26.4 Å². The molecule has 2 aromatic carbocycles. The molecule has 0 aromatic heterocycles. The lowest BCUT2D eigenvalue weighted by Gasteiger charge is -2.17. The number of hydrogen-bond donors (Lipinski definition) is 1. The van der Waals surface area contributed by atoms with E-state index in [-0.39, 0.29) is 6.10 Å². The van der Waals surface area contributed by atoms with E-state index in [1.807, 2.05) is 30.3 Å². The van der Waals surface area contributed by atoms with Gasteiger partial charge in [-0.05, 0) is 22.6 Å². The van der Waals surface area contributed by atoms with Crippen molar-refractivity contribution in [1.29, 1.82) is 0 Å². The van der Waals surface area contributed by atoms with Gasteiger partial charge in [-0.15, -0.1) is 0 Å². The van der Waals surface area contributed by atoms with Gasteiger partial charge in [0.1, 0.15) is 0 Å². The minimum absolute atomic E-state index is 0.299. The van der Waals surface area contributed by atoms with Crippen LogP contribution in [0.5, 0.6) is 0 Å². The Morgan fingerprint density at radius 1 is 0.889 bits per heavy atom. The molecule has 0 saturated heterocycles. The Morgan fingerprint density at radius 3 is 2.00 bits per heavy atom. The first-order valence-corrected chi connectivity index (χ1v) is 6.55. The van der Waals surface area contributed by atoms with Crippen molar-refractivity contribution in [3.8, 4) is 11.1 Å². The highest BCUT2D eigenvalue weighted by molar-refractivity contribution is 5.63. The second-order valence-electron chi connectivity index (χ2n) is 4.82. The number of aliphatic hydroxyl groups is 1.